The number of halogens is 1. The molecule has 112 valence electrons. The van der Waals surface area contributed by atoms with Crippen molar-refractivity contribution in [1.82, 2.24) is 19.5 Å². The molecular formula is C12H14FN5O3. The smallest absolute Gasteiger partial charge is 0.280 e. The van der Waals surface area contributed by atoms with Crippen molar-refractivity contribution in [3.63, 3.8) is 0 Å². The number of aromatic amines is 1. The van der Waals surface area contributed by atoms with Crippen LogP contribution in [0.3, 0.4) is 0 Å². The number of imidazole rings is 1. The van der Waals surface area contributed by atoms with Crippen molar-refractivity contribution in [1.29, 1.82) is 0 Å². The molecule has 1 aliphatic rings. The maximum Gasteiger partial charge on any atom is 0.280 e. The standard InChI is InChI=1S/C12H14FN5O3/c13-2-5-6(3-19)8(20)1-7(5)18-4-15-9-10(18)16-12(14)17-11(9)21/h2,4,6-8,19-20H,1,3H2,(H3,14,16,17,21)/b5-2+/t6-,7-,8-/m0/s1. The zero-order valence-corrected chi connectivity index (χ0v) is 10.9. The van der Waals surface area contributed by atoms with E-state index in [2.05, 4.69) is 15.0 Å². The fraction of sp³-hybridized carbons (Fsp3) is 0.417. The summed E-state index contributed by atoms with van der Waals surface area (Å²) in [7, 11) is 0. The van der Waals surface area contributed by atoms with Crippen LogP contribution in [0, 0.1) is 5.92 Å². The molecule has 0 unspecified atom stereocenters. The Hall–Kier alpha value is -2.26. The molecule has 0 aromatic carbocycles. The maximum atomic E-state index is 13.2. The molecule has 21 heavy (non-hydrogen) atoms. The second-order valence-electron chi connectivity index (χ2n) is 4.99. The summed E-state index contributed by atoms with van der Waals surface area (Å²) in [6.07, 6.45) is 1.05. The Balaban J connectivity index is 2.15. The number of hydrogen-bond donors (Lipinski definition) is 4. The van der Waals surface area contributed by atoms with Crippen molar-refractivity contribution in [3.8, 4) is 0 Å². The van der Waals surface area contributed by atoms with Crippen LogP contribution in [-0.4, -0.2) is 42.4 Å². The average molecular weight is 295 g/mol. The minimum absolute atomic E-state index is 0.0720. The van der Waals surface area contributed by atoms with Crippen LogP contribution >= 0.6 is 0 Å². The molecule has 0 spiro atoms. The van der Waals surface area contributed by atoms with Gasteiger partial charge in [-0.05, 0) is 12.0 Å². The minimum Gasteiger partial charge on any atom is -0.396 e. The van der Waals surface area contributed by atoms with Gasteiger partial charge in [0.1, 0.15) is 0 Å². The van der Waals surface area contributed by atoms with E-state index >= 15 is 0 Å². The number of nitrogens with two attached hydrogens (primary N) is 1. The Morgan fingerprint density at radius 1 is 1.62 bits per heavy atom. The van der Waals surface area contributed by atoms with E-state index in [1.807, 2.05) is 0 Å². The van der Waals surface area contributed by atoms with Crippen LogP contribution in [0.2, 0.25) is 0 Å². The first-order chi connectivity index (χ1) is 10.1. The highest BCUT2D eigenvalue weighted by Gasteiger charge is 2.39. The number of hydrogen-bond acceptors (Lipinski definition) is 6. The van der Waals surface area contributed by atoms with Gasteiger partial charge >= 0.3 is 0 Å². The van der Waals surface area contributed by atoms with Gasteiger partial charge in [0.25, 0.3) is 5.56 Å². The first kappa shape index (κ1) is 13.7. The molecule has 1 saturated carbocycles. The van der Waals surface area contributed by atoms with Gasteiger partial charge in [-0.1, -0.05) is 0 Å². The third-order valence-electron chi connectivity index (χ3n) is 3.85. The summed E-state index contributed by atoms with van der Waals surface area (Å²) in [5, 5.41) is 19.2. The van der Waals surface area contributed by atoms with Crippen molar-refractivity contribution in [3.05, 3.63) is 28.6 Å². The van der Waals surface area contributed by atoms with E-state index in [4.69, 9.17) is 5.73 Å². The third-order valence-corrected chi connectivity index (χ3v) is 3.85. The van der Waals surface area contributed by atoms with Crippen molar-refractivity contribution in [2.45, 2.75) is 18.6 Å². The summed E-state index contributed by atoms with van der Waals surface area (Å²) < 4.78 is 14.7. The molecule has 3 atom stereocenters. The van der Waals surface area contributed by atoms with Gasteiger partial charge < -0.3 is 20.5 Å². The number of aromatic nitrogens is 4. The van der Waals surface area contributed by atoms with Gasteiger partial charge in [0.05, 0.1) is 31.4 Å². The highest BCUT2D eigenvalue weighted by Crippen LogP contribution is 2.40. The Labute approximate surface area is 117 Å². The van der Waals surface area contributed by atoms with Gasteiger partial charge in [-0.25, -0.2) is 9.37 Å². The van der Waals surface area contributed by atoms with E-state index in [1.165, 1.54) is 10.9 Å². The first-order valence-corrected chi connectivity index (χ1v) is 6.38. The molecule has 1 aliphatic carbocycles. The largest absolute Gasteiger partial charge is 0.396 e. The Morgan fingerprint density at radius 2 is 2.38 bits per heavy atom. The van der Waals surface area contributed by atoms with Crippen LogP contribution < -0.4 is 11.3 Å². The van der Waals surface area contributed by atoms with Gasteiger partial charge in [0.15, 0.2) is 11.2 Å². The average Bonchev–Trinajstić information content (AvgIpc) is 2.98. The molecule has 0 saturated heterocycles. The topological polar surface area (TPSA) is 130 Å². The number of rotatable bonds is 2. The van der Waals surface area contributed by atoms with E-state index in [-0.39, 0.29) is 35.7 Å². The molecule has 0 radical (unpaired) electrons. The summed E-state index contributed by atoms with van der Waals surface area (Å²) in [6.45, 7) is -0.365. The van der Waals surface area contributed by atoms with Crippen molar-refractivity contribution >= 4 is 17.1 Å². The van der Waals surface area contributed by atoms with E-state index < -0.39 is 23.6 Å². The zero-order valence-electron chi connectivity index (χ0n) is 10.9. The monoisotopic (exact) mass is 295 g/mol. The van der Waals surface area contributed by atoms with Gasteiger partial charge in [0.2, 0.25) is 5.95 Å². The lowest BCUT2D eigenvalue weighted by Gasteiger charge is -2.15. The van der Waals surface area contributed by atoms with E-state index in [1.54, 1.807) is 0 Å². The van der Waals surface area contributed by atoms with Gasteiger partial charge in [-0.3, -0.25) is 9.78 Å². The van der Waals surface area contributed by atoms with Crippen molar-refractivity contribution < 1.29 is 14.6 Å². The Bertz CT molecular complexity index is 768. The number of anilines is 1. The maximum absolute atomic E-state index is 13.2. The highest BCUT2D eigenvalue weighted by atomic mass is 19.1. The second-order valence-corrected chi connectivity index (χ2v) is 4.99. The summed E-state index contributed by atoms with van der Waals surface area (Å²) in [6, 6.07) is -0.569. The highest BCUT2D eigenvalue weighted by molar-refractivity contribution is 5.71. The second kappa shape index (κ2) is 4.93. The van der Waals surface area contributed by atoms with Crippen molar-refractivity contribution in [2.75, 3.05) is 12.3 Å². The van der Waals surface area contributed by atoms with Crippen LogP contribution in [0.5, 0.6) is 0 Å². The van der Waals surface area contributed by atoms with Crippen LogP contribution in [0.15, 0.2) is 23.0 Å². The molecule has 0 amide bonds. The molecule has 5 N–H and O–H groups in total. The molecular weight excluding hydrogens is 281 g/mol. The predicted molar refractivity (Wildman–Crippen MR) is 72.0 cm³/mol. The summed E-state index contributed by atoms with van der Waals surface area (Å²) >= 11 is 0. The number of nitrogens with zero attached hydrogens (tertiary/aromatic N) is 3. The fourth-order valence-corrected chi connectivity index (χ4v) is 2.82. The lowest BCUT2D eigenvalue weighted by molar-refractivity contribution is 0.101. The Kier molecular flexibility index (Phi) is 3.22. The fourth-order valence-electron chi connectivity index (χ4n) is 2.82. The van der Waals surface area contributed by atoms with Crippen LogP contribution in [0.4, 0.5) is 10.3 Å². The van der Waals surface area contributed by atoms with E-state index in [0.29, 0.717) is 6.33 Å². The summed E-state index contributed by atoms with van der Waals surface area (Å²) in [5.41, 5.74) is 5.57. The number of nitrogen functional groups attached to an aromatic ring is 1. The van der Waals surface area contributed by atoms with Crippen LogP contribution in [-0.2, 0) is 0 Å². The quantitative estimate of drug-likeness (QED) is 0.589. The van der Waals surface area contributed by atoms with Gasteiger partial charge in [-0.2, -0.15) is 4.98 Å². The molecule has 3 rings (SSSR count). The van der Waals surface area contributed by atoms with Gasteiger partial charge in [0, 0.05) is 5.92 Å². The summed E-state index contributed by atoms with van der Waals surface area (Å²) in [4.78, 5) is 22.0. The number of aliphatic hydroxyl groups excluding tert-OH is 2. The number of fused-ring (bicyclic) bond motifs is 1. The summed E-state index contributed by atoms with van der Waals surface area (Å²) in [5.74, 6) is -0.755. The third kappa shape index (κ3) is 2.01. The predicted octanol–water partition coefficient (Wildman–Crippen LogP) is -0.531. The zero-order chi connectivity index (χ0) is 15.1. The van der Waals surface area contributed by atoms with Crippen molar-refractivity contribution in [2.24, 2.45) is 5.92 Å². The van der Waals surface area contributed by atoms with E-state index in [9.17, 15) is 19.4 Å². The first-order valence-electron chi connectivity index (χ1n) is 6.38. The molecule has 2 aromatic heterocycles. The normalized spacial score (nSPS) is 27.8. The molecule has 8 nitrogen and oxygen atoms in total. The number of nitrogens with one attached hydrogen (secondary N) is 1. The minimum atomic E-state index is -0.876. The lowest BCUT2D eigenvalue weighted by Crippen LogP contribution is -2.18. The molecule has 9 heteroatoms. The van der Waals surface area contributed by atoms with Crippen LogP contribution in [0.25, 0.3) is 11.2 Å². The van der Waals surface area contributed by atoms with Crippen LogP contribution in [0.1, 0.15) is 12.5 Å². The van der Waals surface area contributed by atoms with E-state index in [0.717, 1.165) is 0 Å². The number of H-pyrrole nitrogens is 1. The molecule has 2 heterocycles. The molecule has 2 aromatic rings. The Morgan fingerprint density at radius 3 is 3.05 bits per heavy atom. The molecule has 0 aliphatic heterocycles. The molecule has 1 fully saturated rings. The lowest BCUT2D eigenvalue weighted by atomic mass is 10.0. The molecule has 0 bridgehead atoms. The number of aliphatic hydroxyl groups is 2. The van der Waals surface area contributed by atoms with Gasteiger partial charge in [-0.15, -0.1) is 0 Å². The SMILES string of the molecule is Nc1nc2c(ncn2[C@H]2C[C@H](O)[C@@H](CO)/C2=C\F)c(=O)[nH]1.